The van der Waals surface area contributed by atoms with Gasteiger partial charge in [-0.25, -0.2) is 4.98 Å². The van der Waals surface area contributed by atoms with Gasteiger partial charge in [-0.05, 0) is 30.7 Å². The predicted octanol–water partition coefficient (Wildman–Crippen LogP) is 4.02. The van der Waals surface area contributed by atoms with Gasteiger partial charge in [-0.15, -0.1) is 0 Å². The molecule has 0 aliphatic heterocycles. The lowest BCUT2D eigenvalue weighted by Crippen LogP contribution is -1.94. The van der Waals surface area contributed by atoms with Crippen molar-refractivity contribution in [2.75, 3.05) is 5.73 Å². The maximum Gasteiger partial charge on any atom is 0.130 e. The molecule has 0 radical (unpaired) electrons. The van der Waals surface area contributed by atoms with Gasteiger partial charge >= 0.3 is 0 Å². The molecule has 2 aromatic rings. The van der Waals surface area contributed by atoms with Crippen molar-refractivity contribution in [2.45, 2.75) is 6.92 Å². The molecular weight excluding hydrogens is 232 g/mol. The van der Waals surface area contributed by atoms with Crippen LogP contribution in [0.25, 0.3) is 17.2 Å². The fourth-order valence-corrected chi connectivity index (χ4v) is 1.73. The summed E-state index contributed by atoms with van der Waals surface area (Å²) in [6.45, 7) is 1.95. The number of nitrogens with two attached hydrogens (primary N) is 1. The topological polar surface area (TPSA) is 38.9 Å². The van der Waals surface area contributed by atoms with Crippen LogP contribution >= 0.6 is 11.6 Å². The highest BCUT2D eigenvalue weighted by atomic mass is 35.5. The fraction of sp³-hybridized carbons (Fsp3) is 0.0714. The maximum absolute atomic E-state index is 5.86. The molecular formula is C14H13ClN2. The summed E-state index contributed by atoms with van der Waals surface area (Å²) in [6.07, 6.45) is 5.66. The average Bonchev–Trinajstić information content (AvgIpc) is 2.33. The summed E-state index contributed by atoms with van der Waals surface area (Å²) in [6, 6.07) is 9.68. The smallest absolute Gasteiger partial charge is 0.130 e. The average molecular weight is 245 g/mol. The van der Waals surface area contributed by atoms with E-state index in [0.717, 1.165) is 21.7 Å². The van der Waals surface area contributed by atoms with Crippen LogP contribution in [0.1, 0.15) is 12.5 Å². The summed E-state index contributed by atoms with van der Waals surface area (Å²) in [5, 5.41) is 0.728. The van der Waals surface area contributed by atoms with E-state index in [2.05, 4.69) is 4.98 Å². The summed E-state index contributed by atoms with van der Waals surface area (Å²) < 4.78 is 0. The molecule has 1 aromatic carbocycles. The van der Waals surface area contributed by atoms with Crippen LogP contribution in [0.4, 0.5) is 5.82 Å². The Morgan fingerprint density at radius 2 is 1.88 bits per heavy atom. The van der Waals surface area contributed by atoms with Gasteiger partial charge in [-0.2, -0.15) is 0 Å². The molecule has 17 heavy (non-hydrogen) atoms. The first-order valence-corrected chi connectivity index (χ1v) is 5.72. The third kappa shape index (κ3) is 2.66. The summed E-state index contributed by atoms with van der Waals surface area (Å²) in [5.41, 5.74) is 8.83. The highest BCUT2D eigenvalue weighted by molar-refractivity contribution is 6.30. The molecule has 2 nitrogen and oxygen atoms in total. The van der Waals surface area contributed by atoms with E-state index >= 15 is 0 Å². The van der Waals surface area contributed by atoms with E-state index < -0.39 is 0 Å². The van der Waals surface area contributed by atoms with Gasteiger partial charge in [0.05, 0.1) is 0 Å². The third-order valence-corrected chi connectivity index (χ3v) is 2.73. The normalized spacial score (nSPS) is 10.9. The minimum atomic E-state index is 0.542. The number of nitrogen functional groups attached to an aromatic ring is 1. The Balaban J connectivity index is 2.46. The molecule has 0 fully saturated rings. The number of aromatic nitrogens is 1. The molecule has 0 aliphatic carbocycles. The lowest BCUT2D eigenvalue weighted by atomic mass is 10.1. The molecule has 2 N–H and O–H groups in total. The number of anilines is 1. The van der Waals surface area contributed by atoms with Crippen LogP contribution in [0.5, 0.6) is 0 Å². The zero-order valence-corrected chi connectivity index (χ0v) is 10.3. The minimum absolute atomic E-state index is 0.542. The predicted molar refractivity (Wildman–Crippen MR) is 73.8 cm³/mol. The van der Waals surface area contributed by atoms with Crippen molar-refractivity contribution in [1.82, 2.24) is 4.98 Å². The monoisotopic (exact) mass is 244 g/mol. The van der Waals surface area contributed by atoms with E-state index in [4.69, 9.17) is 17.3 Å². The molecule has 1 heterocycles. The number of pyridine rings is 1. The summed E-state index contributed by atoms with van der Waals surface area (Å²) in [5.74, 6) is 0.542. The molecule has 0 unspecified atom stereocenters. The molecule has 0 atom stereocenters. The molecule has 0 saturated carbocycles. The van der Waals surface area contributed by atoms with Crippen molar-refractivity contribution in [3.8, 4) is 11.1 Å². The van der Waals surface area contributed by atoms with E-state index in [0.29, 0.717) is 5.82 Å². The van der Waals surface area contributed by atoms with Crippen LogP contribution < -0.4 is 5.73 Å². The fourth-order valence-electron chi connectivity index (χ4n) is 1.61. The largest absolute Gasteiger partial charge is 0.383 e. The van der Waals surface area contributed by atoms with Gasteiger partial charge in [0, 0.05) is 22.3 Å². The van der Waals surface area contributed by atoms with E-state index in [9.17, 15) is 0 Å². The Morgan fingerprint density at radius 1 is 1.18 bits per heavy atom. The van der Waals surface area contributed by atoms with Crippen LogP contribution in [0.3, 0.4) is 0 Å². The second kappa shape index (κ2) is 5.02. The van der Waals surface area contributed by atoms with Gasteiger partial charge in [-0.3, -0.25) is 0 Å². The molecule has 0 saturated heterocycles. The van der Waals surface area contributed by atoms with Gasteiger partial charge in [0.25, 0.3) is 0 Å². The highest BCUT2D eigenvalue weighted by Gasteiger charge is 2.02. The Hall–Kier alpha value is -1.80. The first-order valence-electron chi connectivity index (χ1n) is 5.35. The molecule has 2 rings (SSSR count). The summed E-state index contributed by atoms with van der Waals surface area (Å²) in [7, 11) is 0. The Kier molecular flexibility index (Phi) is 3.45. The number of rotatable bonds is 2. The van der Waals surface area contributed by atoms with E-state index in [1.54, 1.807) is 6.20 Å². The summed E-state index contributed by atoms with van der Waals surface area (Å²) in [4.78, 5) is 4.19. The number of nitrogens with zero attached hydrogens (tertiary/aromatic N) is 1. The minimum Gasteiger partial charge on any atom is -0.383 e. The SMILES string of the molecule is C/C=C/c1cc(-c2ccc(Cl)cc2)cnc1N. The van der Waals surface area contributed by atoms with Crippen molar-refractivity contribution >= 4 is 23.5 Å². The molecule has 86 valence electrons. The zero-order valence-electron chi connectivity index (χ0n) is 9.52. The number of halogens is 1. The lowest BCUT2D eigenvalue weighted by molar-refractivity contribution is 1.32. The number of benzene rings is 1. The second-order valence-electron chi connectivity index (χ2n) is 3.71. The van der Waals surface area contributed by atoms with E-state index in [1.165, 1.54) is 0 Å². The first kappa shape index (κ1) is 11.7. The maximum atomic E-state index is 5.86. The quantitative estimate of drug-likeness (QED) is 0.867. The van der Waals surface area contributed by atoms with Crippen LogP contribution in [-0.2, 0) is 0 Å². The zero-order chi connectivity index (χ0) is 12.3. The first-order chi connectivity index (χ1) is 8.20. The molecule has 0 aliphatic rings. The third-order valence-electron chi connectivity index (χ3n) is 2.47. The van der Waals surface area contributed by atoms with E-state index in [1.807, 2.05) is 49.4 Å². The van der Waals surface area contributed by atoms with Crippen molar-refractivity contribution < 1.29 is 0 Å². The van der Waals surface area contributed by atoms with Crippen LogP contribution in [-0.4, -0.2) is 4.98 Å². The standard InChI is InChI=1S/C14H13ClN2/c1-2-3-11-8-12(9-17-14(11)16)10-4-6-13(15)7-5-10/h2-9H,1H3,(H2,16,17)/b3-2+. The molecule has 3 heteroatoms. The Morgan fingerprint density at radius 3 is 2.53 bits per heavy atom. The second-order valence-corrected chi connectivity index (χ2v) is 4.14. The van der Waals surface area contributed by atoms with Crippen molar-refractivity contribution in [3.63, 3.8) is 0 Å². The lowest BCUT2D eigenvalue weighted by Gasteiger charge is -2.05. The van der Waals surface area contributed by atoms with Crippen molar-refractivity contribution in [2.24, 2.45) is 0 Å². The number of allylic oxidation sites excluding steroid dienone is 1. The van der Waals surface area contributed by atoms with Crippen LogP contribution in [0.2, 0.25) is 5.02 Å². The molecule has 0 amide bonds. The van der Waals surface area contributed by atoms with E-state index in [-0.39, 0.29) is 0 Å². The Labute approximate surface area is 106 Å². The molecule has 0 spiro atoms. The Bertz CT molecular complexity index is 545. The van der Waals surface area contributed by atoms with Crippen molar-refractivity contribution in [1.29, 1.82) is 0 Å². The molecule has 0 bridgehead atoms. The van der Waals surface area contributed by atoms with Gasteiger partial charge < -0.3 is 5.73 Å². The van der Waals surface area contributed by atoms with Crippen LogP contribution in [0, 0.1) is 0 Å². The van der Waals surface area contributed by atoms with Crippen LogP contribution in [0.15, 0.2) is 42.6 Å². The molecule has 1 aromatic heterocycles. The van der Waals surface area contributed by atoms with Gasteiger partial charge in [0.15, 0.2) is 0 Å². The van der Waals surface area contributed by atoms with Gasteiger partial charge in [0.2, 0.25) is 0 Å². The number of hydrogen-bond acceptors (Lipinski definition) is 2. The van der Waals surface area contributed by atoms with Gasteiger partial charge in [0.1, 0.15) is 5.82 Å². The highest BCUT2D eigenvalue weighted by Crippen LogP contribution is 2.24. The number of hydrogen-bond donors (Lipinski definition) is 1. The summed E-state index contributed by atoms with van der Waals surface area (Å²) >= 11 is 5.86. The van der Waals surface area contributed by atoms with Gasteiger partial charge in [-0.1, -0.05) is 35.9 Å². The van der Waals surface area contributed by atoms with Crippen molar-refractivity contribution in [3.05, 3.63) is 53.2 Å².